The fourth-order valence-electron chi connectivity index (χ4n) is 3.01. The molecule has 2 saturated carbocycles. The lowest BCUT2D eigenvalue weighted by Crippen LogP contribution is -2.59. The van der Waals surface area contributed by atoms with E-state index in [0.29, 0.717) is 5.16 Å². The van der Waals surface area contributed by atoms with Gasteiger partial charge in [0.05, 0.1) is 5.75 Å². The molecular formula is C16H25N3O3S. The highest BCUT2D eigenvalue weighted by Crippen LogP contribution is 2.61. The molecule has 0 saturated heterocycles. The number of carbonyl (C=O) groups excluding carboxylic acids is 1. The smallest absolute Gasteiger partial charge is 0.316 e. The van der Waals surface area contributed by atoms with Gasteiger partial charge in [-0.1, -0.05) is 39.0 Å². The maximum Gasteiger partial charge on any atom is 0.316 e. The Hall–Kier alpha value is -1.50. The van der Waals surface area contributed by atoms with Gasteiger partial charge in [0.1, 0.15) is 11.9 Å². The first kappa shape index (κ1) is 17.8. The van der Waals surface area contributed by atoms with E-state index in [1.54, 1.807) is 0 Å². The van der Waals surface area contributed by atoms with E-state index in [0.717, 1.165) is 30.5 Å². The Morgan fingerprint density at radius 2 is 2.26 bits per heavy atom. The van der Waals surface area contributed by atoms with E-state index in [1.165, 1.54) is 18.9 Å². The molecule has 0 aromatic carbocycles. The van der Waals surface area contributed by atoms with Gasteiger partial charge in [0.2, 0.25) is 0 Å². The lowest BCUT2D eigenvalue weighted by molar-refractivity contribution is -0.205. The van der Waals surface area contributed by atoms with Crippen LogP contribution in [0.25, 0.3) is 0 Å². The Balaban J connectivity index is 0.000000595. The largest absolute Gasteiger partial charge is 0.461 e. The molecule has 0 spiro atoms. The first-order valence-electron chi connectivity index (χ1n) is 8.08. The molecule has 1 heterocycles. The number of fused-ring (bicyclic) bond motifs is 1. The summed E-state index contributed by atoms with van der Waals surface area (Å²) in [5.74, 6) is 0.744. The molecule has 3 N–H and O–H groups in total. The first-order chi connectivity index (χ1) is 10.9. The summed E-state index contributed by atoms with van der Waals surface area (Å²) in [5, 5.41) is 0.341. The third-order valence-corrected chi connectivity index (χ3v) is 5.39. The van der Waals surface area contributed by atoms with Crippen LogP contribution in [0.1, 0.15) is 46.5 Å². The van der Waals surface area contributed by atoms with Crippen molar-refractivity contribution >= 4 is 23.5 Å². The highest BCUT2D eigenvalue weighted by Gasteiger charge is 2.59. The minimum atomic E-state index is -0.322. The molecule has 0 aliphatic heterocycles. The van der Waals surface area contributed by atoms with Crippen LogP contribution in [0.15, 0.2) is 16.0 Å². The van der Waals surface area contributed by atoms with E-state index in [1.807, 2.05) is 0 Å². The van der Waals surface area contributed by atoms with E-state index < -0.39 is 0 Å². The number of carbonyl (C=O) groups is 1. The zero-order valence-corrected chi connectivity index (χ0v) is 14.7. The molecule has 3 rings (SSSR count). The summed E-state index contributed by atoms with van der Waals surface area (Å²) >= 11 is 1.13. The zero-order chi connectivity index (χ0) is 17.0. The number of nitrogens with zero attached hydrogens (tertiary/aromatic N) is 1. The van der Waals surface area contributed by atoms with Crippen LogP contribution in [0.2, 0.25) is 0 Å². The number of esters is 1. The summed E-state index contributed by atoms with van der Waals surface area (Å²) in [7, 11) is 0. The van der Waals surface area contributed by atoms with Crippen LogP contribution in [-0.2, 0) is 9.53 Å². The van der Waals surface area contributed by atoms with Gasteiger partial charge in [-0.25, -0.2) is 4.98 Å². The first-order valence-corrected chi connectivity index (χ1v) is 9.06. The number of anilines is 1. The molecule has 7 heteroatoms. The van der Waals surface area contributed by atoms with Gasteiger partial charge in [-0.05, 0) is 25.2 Å². The predicted octanol–water partition coefficient (Wildman–Crippen LogP) is 2.59. The van der Waals surface area contributed by atoms with E-state index in [2.05, 4.69) is 30.7 Å². The molecule has 128 valence electrons. The van der Waals surface area contributed by atoms with E-state index in [9.17, 15) is 9.59 Å². The Morgan fingerprint density at radius 1 is 1.57 bits per heavy atom. The molecule has 2 aliphatic rings. The molecule has 1 aromatic heterocycles. The quantitative estimate of drug-likeness (QED) is 0.497. The Morgan fingerprint density at radius 3 is 2.74 bits per heavy atom. The summed E-state index contributed by atoms with van der Waals surface area (Å²) in [6.07, 6.45) is 4.70. The van der Waals surface area contributed by atoms with Gasteiger partial charge >= 0.3 is 5.97 Å². The topological polar surface area (TPSA) is 98.1 Å². The number of nitrogen functional groups attached to an aromatic ring is 1. The SMILES string of the molecule is CC12CCC1CC2OC(=O)CSc1nc(N)cc(=O)[nH]1.CCC. The lowest BCUT2D eigenvalue weighted by Gasteiger charge is -2.61. The minimum absolute atomic E-state index is 0.0576. The van der Waals surface area contributed by atoms with Gasteiger partial charge < -0.3 is 15.5 Å². The van der Waals surface area contributed by atoms with E-state index >= 15 is 0 Å². The number of ether oxygens (including phenoxy) is 1. The minimum Gasteiger partial charge on any atom is -0.461 e. The molecule has 1 aromatic rings. The molecule has 2 aliphatic carbocycles. The van der Waals surface area contributed by atoms with Crippen LogP contribution in [0.3, 0.4) is 0 Å². The molecule has 3 unspecified atom stereocenters. The van der Waals surface area contributed by atoms with Crippen LogP contribution in [-0.4, -0.2) is 27.8 Å². The molecule has 3 atom stereocenters. The predicted molar refractivity (Wildman–Crippen MR) is 91.3 cm³/mol. The third-order valence-electron chi connectivity index (χ3n) is 4.54. The highest BCUT2D eigenvalue weighted by atomic mass is 32.2. The fourth-order valence-corrected chi connectivity index (χ4v) is 3.67. The van der Waals surface area contributed by atoms with Crippen LogP contribution in [0.4, 0.5) is 5.82 Å². The van der Waals surface area contributed by atoms with Crippen LogP contribution >= 0.6 is 11.8 Å². The standard InChI is InChI=1S/C13H17N3O3S.C3H8/c1-13-3-2-7(13)4-8(13)19-11(18)6-20-12-15-9(14)5-10(17)16-12;1-3-2/h5,7-8H,2-4,6H2,1H3,(H3,14,15,16,17);3H2,1-2H3. The van der Waals surface area contributed by atoms with Crippen molar-refractivity contribution in [1.29, 1.82) is 0 Å². The summed E-state index contributed by atoms with van der Waals surface area (Å²) in [4.78, 5) is 29.5. The van der Waals surface area contributed by atoms with E-state index in [4.69, 9.17) is 10.5 Å². The van der Waals surface area contributed by atoms with Crippen molar-refractivity contribution in [2.45, 2.75) is 57.7 Å². The number of thioether (sulfide) groups is 1. The maximum absolute atomic E-state index is 11.8. The Kier molecular flexibility index (Phi) is 5.73. The number of hydrogen-bond acceptors (Lipinski definition) is 6. The van der Waals surface area contributed by atoms with Crippen molar-refractivity contribution in [2.75, 3.05) is 11.5 Å². The van der Waals surface area contributed by atoms with Crippen LogP contribution in [0.5, 0.6) is 0 Å². The second-order valence-electron chi connectivity index (χ2n) is 6.43. The van der Waals surface area contributed by atoms with Gasteiger partial charge in [0.15, 0.2) is 5.16 Å². The van der Waals surface area contributed by atoms with Crippen molar-refractivity contribution in [3.05, 3.63) is 16.4 Å². The molecular weight excluding hydrogens is 314 g/mol. The van der Waals surface area contributed by atoms with Crippen LogP contribution in [0, 0.1) is 11.3 Å². The lowest BCUT2D eigenvalue weighted by atomic mass is 9.47. The van der Waals surface area contributed by atoms with Crippen molar-refractivity contribution in [1.82, 2.24) is 9.97 Å². The van der Waals surface area contributed by atoms with Gasteiger partial charge in [-0.3, -0.25) is 9.59 Å². The summed E-state index contributed by atoms with van der Waals surface area (Å²) in [5.41, 5.74) is 5.37. The maximum atomic E-state index is 11.8. The molecule has 23 heavy (non-hydrogen) atoms. The van der Waals surface area contributed by atoms with Crippen molar-refractivity contribution in [3.8, 4) is 0 Å². The normalized spacial score (nSPS) is 27.6. The molecule has 0 bridgehead atoms. The van der Waals surface area contributed by atoms with Crippen molar-refractivity contribution in [3.63, 3.8) is 0 Å². The zero-order valence-electron chi connectivity index (χ0n) is 13.9. The summed E-state index contributed by atoms with van der Waals surface area (Å²) < 4.78 is 5.49. The Labute approximate surface area is 140 Å². The number of hydrogen-bond donors (Lipinski definition) is 2. The highest BCUT2D eigenvalue weighted by molar-refractivity contribution is 7.99. The number of nitrogens with two attached hydrogens (primary N) is 1. The van der Waals surface area contributed by atoms with Gasteiger partial charge in [0.25, 0.3) is 5.56 Å². The fraction of sp³-hybridized carbons (Fsp3) is 0.688. The average Bonchev–Trinajstić information content (AvgIpc) is 2.48. The number of nitrogens with one attached hydrogen (secondary N) is 1. The molecule has 2 fully saturated rings. The number of rotatable bonds is 4. The monoisotopic (exact) mass is 339 g/mol. The summed E-state index contributed by atoms with van der Waals surface area (Å²) in [6.45, 7) is 6.44. The Bertz CT molecular complexity index is 619. The van der Waals surface area contributed by atoms with Crippen LogP contribution < -0.4 is 11.3 Å². The second-order valence-corrected chi connectivity index (χ2v) is 7.39. The average molecular weight is 339 g/mol. The van der Waals surface area contributed by atoms with Crippen molar-refractivity contribution in [2.24, 2.45) is 11.3 Å². The summed E-state index contributed by atoms with van der Waals surface area (Å²) in [6, 6.07) is 1.20. The molecule has 0 radical (unpaired) electrons. The van der Waals surface area contributed by atoms with Gasteiger partial charge in [-0.2, -0.15) is 0 Å². The molecule has 0 amide bonds. The van der Waals surface area contributed by atoms with Gasteiger partial charge in [-0.15, -0.1) is 0 Å². The second kappa shape index (κ2) is 7.38. The number of aromatic nitrogens is 2. The van der Waals surface area contributed by atoms with E-state index in [-0.39, 0.29) is 34.6 Å². The number of aromatic amines is 1. The number of H-pyrrole nitrogens is 1. The van der Waals surface area contributed by atoms with Gasteiger partial charge in [0, 0.05) is 11.5 Å². The van der Waals surface area contributed by atoms with Crippen molar-refractivity contribution < 1.29 is 9.53 Å². The third kappa shape index (κ3) is 4.07. The molecule has 6 nitrogen and oxygen atoms in total.